The second kappa shape index (κ2) is 6.95. The van der Waals surface area contributed by atoms with E-state index in [4.69, 9.17) is 10.00 Å². The molecule has 0 radical (unpaired) electrons. The number of nitriles is 1. The molecule has 1 atom stereocenters. The summed E-state index contributed by atoms with van der Waals surface area (Å²) in [5.74, 6) is -0.0431. The summed E-state index contributed by atoms with van der Waals surface area (Å²) in [4.78, 5) is 19.7. The van der Waals surface area contributed by atoms with Crippen molar-refractivity contribution in [3.8, 4) is 6.07 Å². The van der Waals surface area contributed by atoms with Crippen molar-refractivity contribution >= 4 is 5.91 Å². The highest BCUT2D eigenvalue weighted by Crippen LogP contribution is 2.14. The van der Waals surface area contributed by atoms with Crippen LogP contribution in [-0.2, 0) is 4.74 Å². The number of carbonyl (C=O) groups is 1. The van der Waals surface area contributed by atoms with Crippen LogP contribution in [0.25, 0.3) is 0 Å². The third-order valence-electron chi connectivity index (χ3n) is 4.34. The average Bonchev–Trinajstić information content (AvgIpc) is 3.15. The van der Waals surface area contributed by atoms with Gasteiger partial charge in [0.05, 0.1) is 11.7 Å². The van der Waals surface area contributed by atoms with Gasteiger partial charge < -0.3 is 19.5 Å². The first-order valence-electron chi connectivity index (χ1n) is 7.98. The van der Waals surface area contributed by atoms with Crippen LogP contribution in [-0.4, -0.2) is 66.1 Å². The van der Waals surface area contributed by atoms with Gasteiger partial charge in [0.25, 0.3) is 5.91 Å². The van der Waals surface area contributed by atoms with E-state index in [1.807, 2.05) is 11.0 Å². The Kier molecular flexibility index (Phi) is 4.76. The molecule has 0 unspecified atom stereocenters. The molecule has 0 bridgehead atoms. The van der Waals surface area contributed by atoms with Crippen LogP contribution >= 0.6 is 0 Å². The third-order valence-corrected chi connectivity index (χ3v) is 4.34. The fourth-order valence-electron chi connectivity index (χ4n) is 3.20. The van der Waals surface area contributed by atoms with E-state index in [0.29, 0.717) is 31.0 Å². The number of aromatic amines is 1. The molecule has 2 aliphatic rings. The van der Waals surface area contributed by atoms with Gasteiger partial charge in [0.15, 0.2) is 0 Å². The molecule has 3 rings (SSSR count). The van der Waals surface area contributed by atoms with Crippen LogP contribution in [0.3, 0.4) is 0 Å². The minimum absolute atomic E-state index is 0.0431. The molecule has 2 fully saturated rings. The van der Waals surface area contributed by atoms with Gasteiger partial charge in [-0.15, -0.1) is 0 Å². The molecule has 1 N–H and O–H groups in total. The number of hydrogen-bond donors (Lipinski definition) is 1. The van der Waals surface area contributed by atoms with Crippen molar-refractivity contribution < 1.29 is 9.53 Å². The van der Waals surface area contributed by atoms with E-state index < -0.39 is 0 Å². The van der Waals surface area contributed by atoms with Crippen LogP contribution in [0, 0.1) is 11.3 Å². The van der Waals surface area contributed by atoms with E-state index >= 15 is 0 Å². The summed E-state index contributed by atoms with van der Waals surface area (Å²) >= 11 is 0. The molecule has 1 aromatic heterocycles. The molecule has 0 saturated carbocycles. The van der Waals surface area contributed by atoms with Crippen molar-refractivity contribution in [3.05, 3.63) is 23.5 Å². The molecule has 2 saturated heterocycles. The number of nitrogens with zero attached hydrogens (tertiary/aromatic N) is 3. The second-order valence-corrected chi connectivity index (χ2v) is 6.02. The molecule has 6 heteroatoms. The molecule has 0 aromatic carbocycles. The summed E-state index contributed by atoms with van der Waals surface area (Å²) in [5, 5.41) is 8.87. The summed E-state index contributed by atoms with van der Waals surface area (Å²) in [6, 6.07) is 3.66. The molecule has 3 heterocycles. The Labute approximate surface area is 130 Å². The van der Waals surface area contributed by atoms with Crippen LogP contribution in [0.15, 0.2) is 12.3 Å². The molecular formula is C16H22N4O2. The third kappa shape index (κ3) is 3.49. The van der Waals surface area contributed by atoms with Crippen LogP contribution in [0.5, 0.6) is 0 Å². The summed E-state index contributed by atoms with van der Waals surface area (Å²) in [6.45, 7) is 5.20. The maximum Gasteiger partial charge on any atom is 0.270 e. The quantitative estimate of drug-likeness (QED) is 0.911. The lowest BCUT2D eigenvalue weighted by atomic mass is 10.2. The molecule has 22 heavy (non-hydrogen) atoms. The summed E-state index contributed by atoms with van der Waals surface area (Å²) in [7, 11) is 0. The number of nitrogens with one attached hydrogen (secondary N) is 1. The standard InChI is InChI=1S/C16H22N4O2/c17-9-13-8-15(18-10-13)16(21)20-6-3-7-22-14(12-20)11-19-4-1-2-5-19/h8,10,14,18H,1-7,11-12H2/t14-/m0/s1. The van der Waals surface area contributed by atoms with Crippen LogP contribution in [0.1, 0.15) is 35.3 Å². The first-order chi connectivity index (χ1) is 10.8. The minimum Gasteiger partial charge on any atom is -0.375 e. The molecule has 0 aliphatic carbocycles. The topological polar surface area (TPSA) is 72.4 Å². The number of carbonyl (C=O) groups excluding carboxylic acids is 1. The van der Waals surface area contributed by atoms with Gasteiger partial charge in [-0.25, -0.2) is 0 Å². The lowest BCUT2D eigenvalue weighted by molar-refractivity contribution is 0.0296. The Bertz CT molecular complexity index is 557. The van der Waals surface area contributed by atoms with Gasteiger partial charge in [0, 0.05) is 32.4 Å². The number of H-pyrrole nitrogens is 1. The lowest BCUT2D eigenvalue weighted by Gasteiger charge is -2.26. The van der Waals surface area contributed by atoms with Crippen molar-refractivity contribution in [3.63, 3.8) is 0 Å². The van der Waals surface area contributed by atoms with E-state index in [0.717, 1.165) is 26.1 Å². The summed E-state index contributed by atoms with van der Waals surface area (Å²) in [5.41, 5.74) is 0.974. The summed E-state index contributed by atoms with van der Waals surface area (Å²) in [6.07, 6.45) is 5.02. The Morgan fingerprint density at radius 3 is 2.91 bits per heavy atom. The molecule has 0 spiro atoms. The van der Waals surface area contributed by atoms with Gasteiger partial charge in [0.2, 0.25) is 0 Å². The highest BCUT2D eigenvalue weighted by Gasteiger charge is 2.26. The molecule has 118 valence electrons. The van der Waals surface area contributed by atoms with Crippen molar-refractivity contribution in [1.29, 1.82) is 5.26 Å². The zero-order valence-electron chi connectivity index (χ0n) is 12.8. The van der Waals surface area contributed by atoms with Gasteiger partial charge in [-0.1, -0.05) is 0 Å². The smallest absolute Gasteiger partial charge is 0.270 e. The van der Waals surface area contributed by atoms with Crippen molar-refractivity contribution in [2.45, 2.75) is 25.4 Å². The Hall–Kier alpha value is -1.84. The van der Waals surface area contributed by atoms with Crippen LogP contribution in [0.2, 0.25) is 0 Å². The number of amides is 1. The minimum atomic E-state index is -0.0431. The van der Waals surface area contributed by atoms with Gasteiger partial charge in [-0.3, -0.25) is 4.79 Å². The van der Waals surface area contributed by atoms with Gasteiger partial charge in [0.1, 0.15) is 11.8 Å². The fourth-order valence-corrected chi connectivity index (χ4v) is 3.20. The predicted molar refractivity (Wildman–Crippen MR) is 81.4 cm³/mol. The Balaban J connectivity index is 1.63. The van der Waals surface area contributed by atoms with Crippen molar-refractivity contribution in [2.24, 2.45) is 0 Å². The van der Waals surface area contributed by atoms with E-state index in [1.165, 1.54) is 12.8 Å². The van der Waals surface area contributed by atoms with Gasteiger partial charge in [-0.05, 0) is 38.4 Å². The molecule has 2 aliphatic heterocycles. The van der Waals surface area contributed by atoms with E-state index in [2.05, 4.69) is 9.88 Å². The van der Waals surface area contributed by atoms with E-state index in [1.54, 1.807) is 12.3 Å². The maximum atomic E-state index is 12.6. The number of likely N-dealkylation sites (tertiary alicyclic amines) is 1. The zero-order chi connectivity index (χ0) is 15.4. The number of hydrogen-bond acceptors (Lipinski definition) is 4. The second-order valence-electron chi connectivity index (χ2n) is 6.02. The Morgan fingerprint density at radius 2 is 2.18 bits per heavy atom. The van der Waals surface area contributed by atoms with Gasteiger partial charge >= 0.3 is 0 Å². The molecule has 1 amide bonds. The SMILES string of the molecule is N#Cc1c[nH]c(C(=O)N2CCCO[C@@H](CN3CCCC3)C2)c1. The highest BCUT2D eigenvalue weighted by atomic mass is 16.5. The van der Waals surface area contributed by atoms with E-state index in [9.17, 15) is 4.79 Å². The lowest BCUT2D eigenvalue weighted by Crippen LogP contribution is -2.42. The number of ether oxygens (including phenoxy) is 1. The molecular weight excluding hydrogens is 280 g/mol. The molecule has 1 aromatic rings. The number of rotatable bonds is 3. The maximum absolute atomic E-state index is 12.6. The van der Waals surface area contributed by atoms with Gasteiger partial charge in [-0.2, -0.15) is 5.26 Å². The monoisotopic (exact) mass is 302 g/mol. The van der Waals surface area contributed by atoms with Crippen LogP contribution < -0.4 is 0 Å². The average molecular weight is 302 g/mol. The van der Waals surface area contributed by atoms with Crippen LogP contribution in [0.4, 0.5) is 0 Å². The molecule has 6 nitrogen and oxygen atoms in total. The largest absolute Gasteiger partial charge is 0.375 e. The first kappa shape index (κ1) is 15.1. The first-order valence-corrected chi connectivity index (χ1v) is 7.98. The Morgan fingerprint density at radius 1 is 1.36 bits per heavy atom. The van der Waals surface area contributed by atoms with Crippen molar-refractivity contribution in [2.75, 3.05) is 39.3 Å². The van der Waals surface area contributed by atoms with Crippen molar-refractivity contribution in [1.82, 2.24) is 14.8 Å². The zero-order valence-corrected chi connectivity index (χ0v) is 12.8. The summed E-state index contributed by atoms with van der Waals surface area (Å²) < 4.78 is 5.91. The fraction of sp³-hybridized carbons (Fsp3) is 0.625. The van der Waals surface area contributed by atoms with E-state index in [-0.39, 0.29) is 12.0 Å². The normalized spacial score (nSPS) is 23.2. The highest BCUT2D eigenvalue weighted by molar-refractivity contribution is 5.92. The predicted octanol–water partition coefficient (Wildman–Crippen LogP) is 1.21. The number of aromatic nitrogens is 1.